The Labute approximate surface area is 159 Å². The fourth-order valence-corrected chi connectivity index (χ4v) is 3.16. The maximum absolute atomic E-state index is 12.4. The van der Waals surface area contributed by atoms with E-state index in [0.717, 1.165) is 55.1 Å². The van der Waals surface area contributed by atoms with E-state index in [1.807, 2.05) is 6.07 Å². The maximum Gasteiger partial charge on any atom is 0.279 e. The summed E-state index contributed by atoms with van der Waals surface area (Å²) in [5.74, 6) is 0.591. The lowest BCUT2D eigenvalue weighted by Gasteiger charge is -2.29. The van der Waals surface area contributed by atoms with Gasteiger partial charge in [-0.3, -0.25) is 4.79 Å². The predicted molar refractivity (Wildman–Crippen MR) is 111 cm³/mol. The molecule has 1 aromatic heterocycles. The lowest BCUT2D eigenvalue weighted by molar-refractivity contribution is 0.425. The zero-order valence-corrected chi connectivity index (χ0v) is 16.6. The molecule has 144 valence electrons. The summed E-state index contributed by atoms with van der Waals surface area (Å²) >= 11 is 0. The number of aromatic amines is 1. The standard InChI is InChI=1S/C20H28N6O/c1-6-7-9-26-17-12-15(21-8-10-25(4)5)13(2)11-16(17)24-18-19(26)22-14(3)23-20(18)27/h11-12,21H,3,6-10H2,1-2,4-5H3,(H,23,27). The molecular weight excluding hydrogens is 340 g/mol. The van der Waals surface area contributed by atoms with Gasteiger partial charge >= 0.3 is 0 Å². The summed E-state index contributed by atoms with van der Waals surface area (Å²) < 4.78 is 0. The van der Waals surface area contributed by atoms with Gasteiger partial charge in [0.25, 0.3) is 5.56 Å². The van der Waals surface area contributed by atoms with Gasteiger partial charge in [-0.15, -0.1) is 0 Å². The largest absolute Gasteiger partial charge is 0.383 e. The van der Waals surface area contributed by atoms with E-state index in [-0.39, 0.29) is 5.56 Å². The van der Waals surface area contributed by atoms with Crippen molar-refractivity contribution >= 4 is 29.5 Å². The molecule has 0 aliphatic carbocycles. The van der Waals surface area contributed by atoms with Crippen molar-refractivity contribution in [2.75, 3.05) is 43.9 Å². The Bertz CT molecular complexity index is 995. The molecule has 1 aromatic carbocycles. The smallest absolute Gasteiger partial charge is 0.279 e. The number of rotatable bonds is 7. The number of anilines is 3. The van der Waals surface area contributed by atoms with Gasteiger partial charge in [0.2, 0.25) is 0 Å². The SMILES string of the molecule is C=c1nc2c(c(=O)[nH]1)=Nc1cc(C)c(NCCN(C)C)cc1N2CCCC. The Morgan fingerprint density at radius 1 is 1.33 bits per heavy atom. The zero-order chi connectivity index (χ0) is 19.6. The average molecular weight is 368 g/mol. The third kappa shape index (κ3) is 4.03. The number of hydrogen-bond donors (Lipinski definition) is 2. The van der Waals surface area contributed by atoms with Gasteiger partial charge in [0.1, 0.15) is 5.48 Å². The number of H-pyrrole nitrogens is 1. The van der Waals surface area contributed by atoms with Gasteiger partial charge in [0.15, 0.2) is 11.2 Å². The summed E-state index contributed by atoms with van der Waals surface area (Å²) in [5.41, 5.74) is 4.08. The third-order valence-electron chi connectivity index (χ3n) is 4.64. The minimum absolute atomic E-state index is 0.247. The number of nitrogens with zero attached hydrogens (tertiary/aromatic N) is 4. The number of unbranched alkanes of at least 4 members (excludes halogenated alkanes) is 1. The summed E-state index contributed by atoms with van der Waals surface area (Å²) in [4.78, 5) is 28.4. The van der Waals surface area contributed by atoms with Gasteiger partial charge in [-0.25, -0.2) is 9.98 Å². The molecule has 2 heterocycles. The highest BCUT2D eigenvalue weighted by Crippen LogP contribution is 2.38. The van der Waals surface area contributed by atoms with Crippen molar-refractivity contribution in [3.8, 4) is 0 Å². The van der Waals surface area contributed by atoms with Gasteiger partial charge in [-0.2, -0.15) is 0 Å². The molecule has 0 unspecified atom stereocenters. The number of aryl methyl sites for hydroxylation is 1. The minimum Gasteiger partial charge on any atom is -0.383 e. The van der Waals surface area contributed by atoms with Gasteiger partial charge in [-0.1, -0.05) is 19.9 Å². The van der Waals surface area contributed by atoms with Gasteiger partial charge in [-0.05, 0) is 45.1 Å². The predicted octanol–water partition coefficient (Wildman–Crippen LogP) is 1.67. The van der Waals surface area contributed by atoms with E-state index >= 15 is 0 Å². The Morgan fingerprint density at radius 3 is 2.81 bits per heavy atom. The molecule has 27 heavy (non-hydrogen) atoms. The Hall–Kier alpha value is -2.67. The van der Waals surface area contributed by atoms with Crippen molar-refractivity contribution < 1.29 is 0 Å². The van der Waals surface area contributed by atoms with Crippen LogP contribution in [0.5, 0.6) is 0 Å². The summed E-state index contributed by atoms with van der Waals surface area (Å²) in [7, 11) is 4.12. The molecule has 0 fully saturated rings. The first-order valence-electron chi connectivity index (χ1n) is 9.39. The number of hydrogen-bond acceptors (Lipinski definition) is 6. The van der Waals surface area contributed by atoms with Crippen LogP contribution in [0.2, 0.25) is 0 Å². The molecule has 3 rings (SSSR count). The van der Waals surface area contributed by atoms with Crippen molar-refractivity contribution in [1.82, 2.24) is 14.9 Å². The molecule has 2 aromatic rings. The Balaban J connectivity index is 2.09. The molecule has 7 nitrogen and oxygen atoms in total. The molecule has 0 atom stereocenters. The van der Waals surface area contributed by atoms with Crippen LogP contribution in [0.4, 0.5) is 22.9 Å². The molecule has 0 amide bonds. The first-order chi connectivity index (χ1) is 12.9. The monoisotopic (exact) mass is 368 g/mol. The number of aromatic nitrogens is 2. The fourth-order valence-electron chi connectivity index (χ4n) is 3.16. The van der Waals surface area contributed by atoms with E-state index in [1.54, 1.807) is 0 Å². The minimum atomic E-state index is -0.247. The second-order valence-corrected chi connectivity index (χ2v) is 7.19. The quantitative estimate of drug-likeness (QED) is 0.777. The molecule has 0 saturated carbocycles. The second kappa shape index (κ2) is 7.92. The van der Waals surface area contributed by atoms with Crippen LogP contribution in [0.15, 0.2) is 21.9 Å². The van der Waals surface area contributed by atoms with Crippen molar-refractivity contribution in [2.24, 2.45) is 4.99 Å². The van der Waals surface area contributed by atoms with Crippen LogP contribution in [0, 0.1) is 6.92 Å². The third-order valence-corrected chi connectivity index (χ3v) is 4.64. The van der Waals surface area contributed by atoms with Crippen molar-refractivity contribution in [3.63, 3.8) is 0 Å². The molecule has 0 spiro atoms. The van der Waals surface area contributed by atoms with E-state index in [0.29, 0.717) is 16.7 Å². The molecule has 1 aliphatic rings. The first kappa shape index (κ1) is 19.1. The van der Waals surface area contributed by atoms with Crippen LogP contribution < -0.4 is 26.6 Å². The summed E-state index contributed by atoms with van der Waals surface area (Å²) in [6.07, 6.45) is 2.05. The van der Waals surface area contributed by atoms with Crippen molar-refractivity contribution in [2.45, 2.75) is 26.7 Å². The number of nitrogens with one attached hydrogen (secondary N) is 2. The van der Waals surface area contributed by atoms with E-state index in [9.17, 15) is 4.79 Å². The zero-order valence-electron chi connectivity index (χ0n) is 16.6. The molecule has 2 N–H and O–H groups in total. The molecule has 7 heteroatoms. The molecule has 0 radical (unpaired) electrons. The topological polar surface area (TPSA) is 76.6 Å². The highest BCUT2D eigenvalue weighted by Gasteiger charge is 2.23. The number of benzene rings is 1. The number of likely N-dealkylation sites (N-methyl/N-ethyl adjacent to an activating group) is 1. The van der Waals surface area contributed by atoms with Gasteiger partial charge in [0.05, 0.1) is 11.4 Å². The summed E-state index contributed by atoms with van der Waals surface area (Å²) in [6.45, 7) is 10.6. The van der Waals surface area contributed by atoms with E-state index < -0.39 is 0 Å². The average Bonchev–Trinajstić information content (AvgIpc) is 2.60. The van der Waals surface area contributed by atoms with Crippen molar-refractivity contribution in [3.05, 3.63) is 38.9 Å². The Kier molecular flexibility index (Phi) is 5.60. The van der Waals surface area contributed by atoms with Crippen LogP contribution >= 0.6 is 0 Å². The summed E-state index contributed by atoms with van der Waals surface area (Å²) in [5, 5.41) is 3.87. The van der Waals surface area contributed by atoms with Crippen LogP contribution in [0.3, 0.4) is 0 Å². The fraction of sp³-hybridized carbons (Fsp3) is 0.450. The van der Waals surface area contributed by atoms with Crippen LogP contribution in [-0.4, -0.2) is 48.6 Å². The number of fused-ring (bicyclic) bond motifs is 2. The molecule has 1 aliphatic heterocycles. The molecule has 0 bridgehead atoms. The lowest BCUT2D eigenvalue weighted by atomic mass is 10.1. The van der Waals surface area contributed by atoms with Gasteiger partial charge in [0, 0.05) is 25.3 Å². The van der Waals surface area contributed by atoms with Crippen LogP contribution in [0.25, 0.3) is 6.58 Å². The van der Waals surface area contributed by atoms with Gasteiger partial charge < -0.3 is 20.1 Å². The Morgan fingerprint density at radius 2 is 2.11 bits per heavy atom. The second-order valence-electron chi connectivity index (χ2n) is 7.19. The van der Waals surface area contributed by atoms with Crippen molar-refractivity contribution in [1.29, 1.82) is 0 Å². The molecular formula is C20H28N6O. The molecule has 0 saturated heterocycles. The highest BCUT2D eigenvalue weighted by atomic mass is 16.1. The van der Waals surface area contributed by atoms with E-state index in [2.05, 4.69) is 70.7 Å². The lowest BCUT2D eigenvalue weighted by Crippen LogP contribution is -2.42. The van der Waals surface area contributed by atoms with E-state index in [4.69, 9.17) is 0 Å². The first-order valence-corrected chi connectivity index (χ1v) is 9.39. The summed E-state index contributed by atoms with van der Waals surface area (Å²) in [6, 6.07) is 4.15. The van der Waals surface area contributed by atoms with Crippen LogP contribution in [-0.2, 0) is 0 Å². The normalized spacial score (nSPS) is 12.6. The highest BCUT2D eigenvalue weighted by molar-refractivity contribution is 5.80. The van der Waals surface area contributed by atoms with Crippen LogP contribution in [0.1, 0.15) is 25.3 Å². The maximum atomic E-state index is 12.4. The van der Waals surface area contributed by atoms with E-state index in [1.165, 1.54) is 0 Å².